The number of nitrogens with two attached hydrogens (primary N) is 1. The number of carbonyl (C=O) groups excluding carboxylic acids is 4. The summed E-state index contributed by atoms with van der Waals surface area (Å²) in [6.07, 6.45) is 4.98. The molecule has 1 saturated heterocycles. The summed E-state index contributed by atoms with van der Waals surface area (Å²) in [5.74, 6) is -0.788. The first-order valence-electron chi connectivity index (χ1n) is 16.6. The molecule has 2 saturated carbocycles. The lowest BCUT2D eigenvalue weighted by Crippen LogP contribution is -2.50. The monoisotopic (exact) mass is 640 g/mol. The lowest BCUT2D eigenvalue weighted by atomic mass is 9.75. The molecule has 0 radical (unpaired) electrons. The number of alkyl halides is 1. The van der Waals surface area contributed by atoms with Crippen molar-refractivity contribution in [2.24, 2.45) is 29.4 Å². The fraction of sp³-hybridized carbons (Fsp3) is 0.647. The molecule has 3 amide bonds. The fourth-order valence-corrected chi connectivity index (χ4v) is 8.59. The van der Waals surface area contributed by atoms with Crippen molar-refractivity contribution < 1.29 is 37.8 Å². The first-order valence-corrected chi connectivity index (χ1v) is 16.6. The number of likely N-dealkylation sites (tertiary alicyclic amines) is 1. The molecule has 12 heteroatoms. The number of ether oxygens (including phenoxy) is 3. The molecule has 2 aliphatic heterocycles. The number of cyclic esters (lactones) is 1. The van der Waals surface area contributed by atoms with Crippen LogP contribution in [0.3, 0.4) is 0 Å². The molecule has 46 heavy (non-hydrogen) atoms. The third-order valence-corrected chi connectivity index (χ3v) is 10.9. The van der Waals surface area contributed by atoms with Gasteiger partial charge < -0.3 is 30.2 Å². The second-order valence-electron chi connectivity index (χ2n) is 13.9. The van der Waals surface area contributed by atoms with E-state index in [0.29, 0.717) is 49.5 Å². The Hall–Kier alpha value is -3.67. The summed E-state index contributed by atoms with van der Waals surface area (Å²) in [6, 6.07) is 6.73. The number of esters is 1. The third kappa shape index (κ3) is 6.08. The molecule has 3 atom stereocenters. The van der Waals surface area contributed by atoms with Crippen LogP contribution in [0.1, 0.15) is 82.1 Å². The third-order valence-electron chi connectivity index (χ3n) is 10.9. The van der Waals surface area contributed by atoms with Crippen LogP contribution in [0.5, 0.6) is 0 Å². The Morgan fingerprint density at radius 1 is 1.07 bits per heavy atom. The van der Waals surface area contributed by atoms with Crippen molar-refractivity contribution >= 4 is 40.5 Å². The molecule has 11 nitrogen and oxygen atoms in total. The number of hydrogen-bond acceptors (Lipinski definition) is 7. The summed E-state index contributed by atoms with van der Waals surface area (Å²) in [5.41, 5.74) is 6.23. The SMILES string of the molecule is COC1CCC([C@@H]2CCN(C(=O)C3CCC([C@@H](CF)OC(N)=O)CC3)[C@@H]2C(=O)Nc2ccc3c(c2)cc2n3C(C)(C)OC2=O)CC1. The maximum atomic E-state index is 14.2. The van der Waals surface area contributed by atoms with E-state index in [-0.39, 0.29) is 41.6 Å². The molecule has 2 aromatic rings. The molecular formula is C34H45FN4O7. The van der Waals surface area contributed by atoms with E-state index in [1.807, 2.05) is 36.6 Å². The van der Waals surface area contributed by atoms with Crippen molar-refractivity contribution in [1.82, 2.24) is 9.47 Å². The van der Waals surface area contributed by atoms with Crippen LogP contribution >= 0.6 is 0 Å². The predicted molar refractivity (Wildman–Crippen MR) is 168 cm³/mol. The van der Waals surface area contributed by atoms with E-state index in [2.05, 4.69) is 5.32 Å². The van der Waals surface area contributed by atoms with E-state index in [1.165, 1.54) is 0 Å². The van der Waals surface area contributed by atoms with Crippen molar-refractivity contribution in [3.05, 3.63) is 30.0 Å². The van der Waals surface area contributed by atoms with Crippen molar-refractivity contribution in [3.8, 4) is 0 Å². The van der Waals surface area contributed by atoms with Gasteiger partial charge in [0.05, 0.1) is 11.6 Å². The maximum absolute atomic E-state index is 14.2. The number of anilines is 1. The van der Waals surface area contributed by atoms with Crippen LogP contribution in [0.4, 0.5) is 14.9 Å². The molecule has 0 unspecified atom stereocenters. The molecule has 4 aliphatic rings. The van der Waals surface area contributed by atoms with Crippen LogP contribution in [-0.2, 0) is 29.5 Å². The number of hydrogen-bond donors (Lipinski definition) is 2. The van der Waals surface area contributed by atoms with E-state index in [9.17, 15) is 23.6 Å². The van der Waals surface area contributed by atoms with Crippen LogP contribution in [0.2, 0.25) is 0 Å². The summed E-state index contributed by atoms with van der Waals surface area (Å²) >= 11 is 0. The number of nitrogens with zero attached hydrogens (tertiary/aromatic N) is 2. The Kier molecular flexibility index (Phi) is 9.02. The second-order valence-corrected chi connectivity index (χ2v) is 13.9. The van der Waals surface area contributed by atoms with E-state index in [1.54, 1.807) is 18.1 Å². The zero-order valence-electron chi connectivity index (χ0n) is 26.8. The Balaban J connectivity index is 1.20. The lowest BCUT2D eigenvalue weighted by molar-refractivity contribution is -0.142. The zero-order valence-corrected chi connectivity index (χ0v) is 26.8. The van der Waals surface area contributed by atoms with E-state index in [0.717, 1.165) is 43.0 Å². The Morgan fingerprint density at radius 2 is 1.78 bits per heavy atom. The van der Waals surface area contributed by atoms with Gasteiger partial charge in [0.1, 0.15) is 24.5 Å². The second kappa shape index (κ2) is 12.8. The number of aromatic nitrogens is 1. The predicted octanol–water partition coefficient (Wildman–Crippen LogP) is 5.10. The highest BCUT2D eigenvalue weighted by atomic mass is 19.1. The minimum atomic E-state index is -0.996. The molecular weight excluding hydrogens is 595 g/mol. The van der Waals surface area contributed by atoms with Gasteiger partial charge in [0, 0.05) is 30.6 Å². The highest BCUT2D eigenvalue weighted by Gasteiger charge is 2.48. The number of halogens is 1. The van der Waals surface area contributed by atoms with Gasteiger partial charge in [0.2, 0.25) is 11.8 Å². The molecule has 1 aromatic heterocycles. The number of rotatable bonds is 8. The fourth-order valence-electron chi connectivity index (χ4n) is 8.59. The van der Waals surface area contributed by atoms with Gasteiger partial charge in [0.15, 0.2) is 5.72 Å². The summed E-state index contributed by atoms with van der Waals surface area (Å²) in [6.45, 7) is 3.37. The van der Waals surface area contributed by atoms with E-state index >= 15 is 0 Å². The topological polar surface area (TPSA) is 142 Å². The molecule has 6 rings (SSSR count). The summed E-state index contributed by atoms with van der Waals surface area (Å²) in [4.78, 5) is 53.7. The molecule has 3 heterocycles. The quantitative estimate of drug-likeness (QED) is 0.382. The van der Waals surface area contributed by atoms with Gasteiger partial charge in [-0.2, -0.15) is 0 Å². The van der Waals surface area contributed by atoms with E-state index < -0.39 is 30.6 Å². The highest BCUT2D eigenvalue weighted by Crippen LogP contribution is 2.42. The normalized spacial score (nSPS) is 29.7. The standard InChI is InChI=1S/C34H45FN4O7/c1-34(2)39-26-13-10-23(16-22(26)17-27(39)32(42)46-34)37-30(40)29-25(19-8-11-24(44-3)12-9-19)14-15-38(29)31(41)21-6-4-20(5-7-21)28(18-35)45-33(36)43/h10,13,16-17,19-21,24-25,28-29H,4-9,11-12,14-15,18H2,1-3H3,(H2,36,43)(H,37,40)/t19?,20?,21?,24?,25-,28+,29-/m0/s1. The lowest BCUT2D eigenvalue weighted by Gasteiger charge is -2.37. The van der Waals surface area contributed by atoms with Crippen LogP contribution in [0.15, 0.2) is 24.3 Å². The molecule has 250 valence electrons. The summed E-state index contributed by atoms with van der Waals surface area (Å²) < 4.78 is 31.5. The molecule has 0 bridgehead atoms. The van der Waals surface area contributed by atoms with Gasteiger partial charge in [0.25, 0.3) is 0 Å². The van der Waals surface area contributed by atoms with Crippen molar-refractivity contribution in [1.29, 1.82) is 0 Å². The minimum Gasteiger partial charge on any atom is -0.443 e. The summed E-state index contributed by atoms with van der Waals surface area (Å²) in [7, 11) is 1.74. The number of amides is 3. The highest BCUT2D eigenvalue weighted by molar-refractivity contribution is 6.02. The molecule has 0 spiro atoms. The zero-order chi connectivity index (χ0) is 32.7. The first-order chi connectivity index (χ1) is 22.0. The minimum absolute atomic E-state index is 0.0237. The average Bonchev–Trinajstić information content (AvgIpc) is 3.71. The van der Waals surface area contributed by atoms with Gasteiger partial charge in [-0.1, -0.05) is 0 Å². The van der Waals surface area contributed by atoms with Crippen LogP contribution in [-0.4, -0.2) is 71.9 Å². The molecule has 1 aromatic carbocycles. The number of fused-ring (bicyclic) bond motifs is 3. The number of primary amides is 1. The van der Waals surface area contributed by atoms with Gasteiger partial charge in [-0.25, -0.2) is 14.0 Å². The Labute approximate surface area is 268 Å². The Morgan fingerprint density at radius 3 is 2.43 bits per heavy atom. The smallest absolute Gasteiger partial charge is 0.404 e. The van der Waals surface area contributed by atoms with E-state index in [4.69, 9.17) is 19.9 Å². The van der Waals surface area contributed by atoms with Gasteiger partial charge in [-0.05, 0) is 114 Å². The Bertz CT molecular complexity index is 1490. The maximum Gasteiger partial charge on any atom is 0.404 e. The van der Waals surface area contributed by atoms with Crippen LogP contribution in [0, 0.1) is 23.7 Å². The molecule has 2 aliphatic carbocycles. The van der Waals surface area contributed by atoms with Crippen molar-refractivity contribution in [2.75, 3.05) is 25.6 Å². The first kappa shape index (κ1) is 32.3. The van der Waals surface area contributed by atoms with Crippen molar-refractivity contribution in [2.45, 2.75) is 95.6 Å². The molecule has 3 fully saturated rings. The number of methoxy groups -OCH3 is 1. The number of benzene rings is 1. The van der Waals surface area contributed by atoms with Crippen LogP contribution < -0.4 is 11.1 Å². The van der Waals surface area contributed by atoms with Crippen LogP contribution in [0.25, 0.3) is 10.9 Å². The summed E-state index contributed by atoms with van der Waals surface area (Å²) in [5, 5.41) is 3.93. The number of carbonyl (C=O) groups is 4. The van der Waals surface area contributed by atoms with Crippen molar-refractivity contribution in [3.63, 3.8) is 0 Å². The van der Waals surface area contributed by atoms with Gasteiger partial charge in [-0.15, -0.1) is 0 Å². The van der Waals surface area contributed by atoms with Gasteiger partial charge >= 0.3 is 12.1 Å². The van der Waals surface area contributed by atoms with Gasteiger partial charge in [-0.3, -0.25) is 14.2 Å². The number of nitrogens with one attached hydrogen (secondary N) is 1. The molecule has 3 N–H and O–H groups in total. The largest absolute Gasteiger partial charge is 0.443 e. The average molecular weight is 641 g/mol.